The number of hydrogen-bond acceptors (Lipinski definition) is 5. The van der Waals surface area contributed by atoms with Gasteiger partial charge in [0, 0.05) is 19.6 Å². The molecule has 0 aliphatic rings. The summed E-state index contributed by atoms with van der Waals surface area (Å²) in [6, 6.07) is 3.64. The molecule has 0 aromatic heterocycles. The first-order valence-corrected chi connectivity index (χ1v) is 6.92. The Morgan fingerprint density at radius 3 is 2.37 bits per heavy atom. The van der Waals surface area contributed by atoms with Crippen LogP contribution in [0.4, 0.5) is 0 Å². The highest BCUT2D eigenvalue weighted by Gasteiger charge is 2.13. The quantitative estimate of drug-likeness (QED) is 0.539. The average Bonchev–Trinajstić information content (AvgIpc) is 2.43. The Labute approximate surface area is 118 Å². The number of hydrogen-bond donors (Lipinski definition) is 1. The molecule has 0 saturated carbocycles. The second kappa shape index (κ2) is 10.0. The Bertz CT molecular complexity index is 411. The summed E-state index contributed by atoms with van der Waals surface area (Å²) in [6.07, 6.45) is 1.62. The van der Waals surface area contributed by atoms with Crippen LogP contribution in [-0.2, 0) is 4.79 Å². The summed E-state index contributed by atoms with van der Waals surface area (Å²) in [5, 5.41) is 21.0. The molecule has 5 nitrogen and oxygen atoms in total. The molecule has 0 spiro atoms. The van der Waals surface area contributed by atoms with Crippen molar-refractivity contribution >= 4 is 17.7 Å². The normalized spacial score (nSPS) is 8.84. The van der Waals surface area contributed by atoms with Gasteiger partial charge in [-0.1, -0.05) is 17.8 Å². The number of allylic oxidation sites excluding steroid dienone is 1. The van der Waals surface area contributed by atoms with E-state index in [0.717, 1.165) is 0 Å². The molecule has 102 valence electrons. The number of carbonyl (C=O) groups is 1. The lowest BCUT2D eigenvalue weighted by Gasteiger charge is -2.18. The van der Waals surface area contributed by atoms with Crippen molar-refractivity contribution in [2.45, 2.75) is 13.8 Å². The third kappa shape index (κ3) is 5.98. The van der Waals surface area contributed by atoms with Crippen molar-refractivity contribution < 1.29 is 4.79 Å². The topological polar surface area (TPSA) is 79.9 Å². The lowest BCUT2D eigenvalue weighted by atomic mass is 10.3. The second-order valence-corrected chi connectivity index (χ2v) is 4.44. The molecule has 0 unspecified atom stereocenters. The van der Waals surface area contributed by atoms with Crippen LogP contribution in [0.3, 0.4) is 0 Å². The fourth-order valence-electron chi connectivity index (χ4n) is 1.30. The van der Waals surface area contributed by atoms with Crippen molar-refractivity contribution in [3.8, 4) is 12.1 Å². The van der Waals surface area contributed by atoms with Crippen LogP contribution in [0.2, 0.25) is 0 Å². The minimum atomic E-state index is -0.0146. The number of nitrogens with zero attached hydrogens (tertiary/aromatic N) is 3. The van der Waals surface area contributed by atoms with E-state index in [-0.39, 0.29) is 17.2 Å². The summed E-state index contributed by atoms with van der Waals surface area (Å²) >= 11 is 1.17. The molecule has 0 saturated heterocycles. The zero-order chi connectivity index (χ0) is 14.7. The van der Waals surface area contributed by atoms with E-state index in [1.165, 1.54) is 11.8 Å². The number of nitrogens with one attached hydrogen (secondary N) is 1. The Morgan fingerprint density at radius 2 is 1.95 bits per heavy atom. The van der Waals surface area contributed by atoms with E-state index < -0.39 is 0 Å². The zero-order valence-electron chi connectivity index (χ0n) is 11.3. The third-order valence-corrected chi connectivity index (χ3v) is 3.34. The van der Waals surface area contributed by atoms with E-state index in [1.54, 1.807) is 11.0 Å². The van der Waals surface area contributed by atoms with Crippen molar-refractivity contribution in [3.63, 3.8) is 0 Å². The van der Waals surface area contributed by atoms with Crippen LogP contribution in [0.15, 0.2) is 23.3 Å². The monoisotopic (exact) mass is 278 g/mol. The van der Waals surface area contributed by atoms with Crippen molar-refractivity contribution in [3.05, 3.63) is 23.3 Å². The van der Waals surface area contributed by atoms with Crippen LogP contribution in [0, 0.1) is 22.7 Å². The molecule has 0 radical (unpaired) electrons. The first-order valence-electron chi connectivity index (χ1n) is 5.94. The summed E-state index contributed by atoms with van der Waals surface area (Å²) < 4.78 is 0. The van der Waals surface area contributed by atoms with Gasteiger partial charge in [0.25, 0.3) is 0 Å². The van der Waals surface area contributed by atoms with E-state index in [4.69, 9.17) is 10.5 Å². The van der Waals surface area contributed by atoms with E-state index in [0.29, 0.717) is 24.7 Å². The highest BCUT2D eigenvalue weighted by atomic mass is 32.2. The van der Waals surface area contributed by atoms with Crippen LogP contribution in [-0.4, -0.2) is 36.2 Å². The largest absolute Gasteiger partial charge is 0.375 e. The summed E-state index contributed by atoms with van der Waals surface area (Å²) in [5.74, 6) is 0.191. The van der Waals surface area contributed by atoms with E-state index in [9.17, 15) is 4.79 Å². The molecule has 0 heterocycles. The van der Waals surface area contributed by atoms with Crippen molar-refractivity contribution in [2.24, 2.45) is 0 Å². The predicted molar refractivity (Wildman–Crippen MR) is 76.8 cm³/mol. The molecule has 0 fully saturated rings. The lowest BCUT2D eigenvalue weighted by Crippen LogP contribution is -2.32. The standard InChI is InChI=1S/C13H18N4OS/c1-4-7-16-13(11(8-14)9-15)19-10-12(18)17(5-2)6-3/h4,16H,1,5-7,10H2,2-3H3. The molecule has 0 bridgehead atoms. The maximum atomic E-state index is 11.9. The maximum Gasteiger partial charge on any atom is 0.232 e. The zero-order valence-corrected chi connectivity index (χ0v) is 12.1. The third-order valence-electron chi connectivity index (χ3n) is 2.31. The Balaban J connectivity index is 4.74. The molecule has 0 aromatic carbocycles. The van der Waals surface area contributed by atoms with Gasteiger partial charge >= 0.3 is 0 Å². The molecule has 0 aliphatic heterocycles. The molecule has 1 amide bonds. The van der Waals surface area contributed by atoms with Gasteiger partial charge in [-0.25, -0.2) is 0 Å². The highest BCUT2D eigenvalue weighted by molar-refractivity contribution is 8.03. The van der Waals surface area contributed by atoms with Gasteiger partial charge in [-0.3, -0.25) is 4.79 Å². The SMILES string of the molecule is C=CCNC(SCC(=O)N(CC)CC)=C(C#N)C#N. The van der Waals surface area contributed by atoms with Gasteiger partial charge in [-0.05, 0) is 13.8 Å². The lowest BCUT2D eigenvalue weighted by molar-refractivity contribution is -0.127. The summed E-state index contributed by atoms with van der Waals surface area (Å²) in [5.41, 5.74) is -0.0146. The van der Waals surface area contributed by atoms with Crippen LogP contribution >= 0.6 is 11.8 Å². The van der Waals surface area contributed by atoms with E-state index in [2.05, 4.69) is 11.9 Å². The van der Waals surface area contributed by atoms with Crippen LogP contribution in [0.5, 0.6) is 0 Å². The van der Waals surface area contributed by atoms with Gasteiger partial charge in [-0.2, -0.15) is 10.5 Å². The highest BCUT2D eigenvalue weighted by Crippen LogP contribution is 2.17. The fourth-order valence-corrected chi connectivity index (χ4v) is 2.18. The van der Waals surface area contributed by atoms with E-state index >= 15 is 0 Å². The second-order valence-electron chi connectivity index (χ2n) is 3.45. The number of amides is 1. The molecular weight excluding hydrogens is 260 g/mol. The first-order chi connectivity index (χ1) is 9.14. The Kier molecular flexibility index (Phi) is 9.03. The first kappa shape index (κ1) is 17.1. The van der Waals surface area contributed by atoms with E-state index in [1.807, 2.05) is 26.0 Å². The van der Waals surface area contributed by atoms with Crippen molar-refractivity contribution in [1.29, 1.82) is 10.5 Å². The minimum Gasteiger partial charge on any atom is -0.375 e. The number of thioether (sulfide) groups is 1. The van der Waals surface area contributed by atoms with Gasteiger partial charge in [0.2, 0.25) is 5.91 Å². The van der Waals surface area contributed by atoms with Crippen molar-refractivity contribution in [1.82, 2.24) is 10.2 Å². The average molecular weight is 278 g/mol. The van der Waals surface area contributed by atoms with Gasteiger partial charge in [-0.15, -0.1) is 6.58 Å². The van der Waals surface area contributed by atoms with Crippen LogP contribution in [0.25, 0.3) is 0 Å². The number of carbonyl (C=O) groups excluding carboxylic acids is 1. The fraction of sp³-hybridized carbons (Fsp3) is 0.462. The van der Waals surface area contributed by atoms with Gasteiger partial charge in [0.15, 0.2) is 5.57 Å². The molecule has 0 rings (SSSR count). The molecule has 6 heteroatoms. The summed E-state index contributed by atoms with van der Waals surface area (Å²) in [6.45, 7) is 9.12. The summed E-state index contributed by atoms with van der Waals surface area (Å²) in [4.78, 5) is 13.6. The molecule has 19 heavy (non-hydrogen) atoms. The molecule has 0 atom stereocenters. The van der Waals surface area contributed by atoms with Gasteiger partial charge < -0.3 is 10.2 Å². The van der Waals surface area contributed by atoms with Gasteiger partial charge in [0.1, 0.15) is 12.1 Å². The van der Waals surface area contributed by atoms with Crippen LogP contribution < -0.4 is 5.32 Å². The number of rotatable bonds is 8. The molecule has 1 N–H and O–H groups in total. The number of nitriles is 2. The smallest absolute Gasteiger partial charge is 0.232 e. The van der Waals surface area contributed by atoms with Crippen molar-refractivity contribution in [2.75, 3.05) is 25.4 Å². The van der Waals surface area contributed by atoms with Gasteiger partial charge in [0.05, 0.1) is 10.8 Å². The summed E-state index contributed by atoms with van der Waals surface area (Å²) in [7, 11) is 0. The maximum absolute atomic E-state index is 11.9. The Hall–Kier alpha value is -1.92. The Morgan fingerprint density at radius 1 is 1.37 bits per heavy atom. The molecule has 0 aromatic rings. The predicted octanol–water partition coefficient (Wildman–Crippen LogP) is 1.62. The molecule has 0 aliphatic carbocycles. The van der Waals surface area contributed by atoms with Crippen LogP contribution in [0.1, 0.15) is 13.8 Å². The minimum absolute atomic E-state index is 0.0110. The molecular formula is C13H18N4OS.